The molecule has 7 nitrogen and oxygen atoms in total. The predicted octanol–water partition coefficient (Wildman–Crippen LogP) is 3.36. The predicted molar refractivity (Wildman–Crippen MR) is 113 cm³/mol. The van der Waals surface area contributed by atoms with E-state index in [1.807, 2.05) is 13.0 Å². The van der Waals surface area contributed by atoms with Crippen LogP contribution in [0.5, 0.6) is 5.75 Å². The van der Waals surface area contributed by atoms with Crippen LogP contribution in [-0.4, -0.2) is 31.6 Å². The van der Waals surface area contributed by atoms with E-state index in [0.717, 1.165) is 5.56 Å². The lowest BCUT2D eigenvalue weighted by atomic mass is 10.1. The molecule has 0 spiro atoms. The minimum Gasteiger partial charge on any atom is -0.482 e. The zero-order valence-corrected chi connectivity index (χ0v) is 17.8. The van der Waals surface area contributed by atoms with Crippen LogP contribution in [0.3, 0.4) is 0 Å². The number of hydrogen-bond donors (Lipinski definition) is 2. The molecule has 1 fully saturated rings. The molecule has 4 rings (SSSR count). The van der Waals surface area contributed by atoms with Crippen molar-refractivity contribution in [2.75, 3.05) is 17.2 Å². The standard InChI is InChI=1S/C22H24N2O5S/c1-14-5-6-15(2)19(11-14)30(27,28)22(9-3-4-10-22)21(26)23-16-7-8-18-17(12-16)24-20(25)13-29-18/h5-8,11-12H,3-4,9-10,13H2,1-2H3,(H,23,26)(H,24,25). The number of aryl methyl sites for hydroxylation is 2. The van der Waals surface area contributed by atoms with Gasteiger partial charge in [0, 0.05) is 5.69 Å². The van der Waals surface area contributed by atoms with Crippen molar-refractivity contribution in [3.8, 4) is 5.75 Å². The maximum Gasteiger partial charge on any atom is 0.262 e. The molecule has 0 unspecified atom stereocenters. The number of amides is 2. The molecule has 158 valence electrons. The van der Waals surface area contributed by atoms with Crippen molar-refractivity contribution in [1.29, 1.82) is 0 Å². The number of anilines is 2. The number of ether oxygens (including phenoxy) is 1. The first-order valence-corrected chi connectivity index (χ1v) is 11.4. The van der Waals surface area contributed by atoms with E-state index in [1.54, 1.807) is 37.3 Å². The molecule has 0 radical (unpaired) electrons. The van der Waals surface area contributed by atoms with Crippen LogP contribution in [0.2, 0.25) is 0 Å². The van der Waals surface area contributed by atoms with Crippen LogP contribution in [0.15, 0.2) is 41.3 Å². The maximum absolute atomic E-state index is 13.7. The second kappa shape index (κ2) is 7.43. The molecule has 0 saturated heterocycles. The lowest BCUT2D eigenvalue weighted by Crippen LogP contribution is -2.47. The Kier molecular flexibility index (Phi) is 5.05. The third-order valence-corrected chi connectivity index (χ3v) is 8.48. The first-order valence-electron chi connectivity index (χ1n) is 9.93. The van der Waals surface area contributed by atoms with Gasteiger partial charge in [0.1, 0.15) is 5.75 Å². The van der Waals surface area contributed by atoms with Gasteiger partial charge in [0.05, 0.1) is 10.6 Å². The Bertz CT molecular complexity index is 1130. The smallest absolute Gasteiger partial charge is 0.262 e. The minimum atomic E-state index is -3.91. The second-order valence-corrected chi connectivity index (χ2v) is 10.2. The van der Waals surface area contributed by atoms with Crippen LogP contribution in [0.25, 0.3) is 0 Å². The van der Waals surface area contributed by atoms with E-state index in [0.29, 0.717) is 35.5 Å². The number of rotatable bonds is 4. The van der Waals surface area contributed by atoms with Crippen molar-refractivity contribution in [3.05, 3.63) is 47.5 Å². The third kappa shape index (κ3) is 3.35. The number of carbonyl (C=O) groups excluding carboxylic acids is 2. The van der Waals surface area contributed by atoms with Gasteiger partial charge >= 0.3 is 0 Å². The molecule has 2 aliphatic rings. The topological polar surface area (TPSA) is 102 Å². The quantitative estimate of drug-likeness (QED) is 0.778. The van der Waals surface area contributed by atoms with Gasteiger partial charge in [0.2, 0.25) is 5.91 Å². The Balaban J connectivity index is 1.69. The van der Waals surface area contributed by atoms with Crippen LogP contribution in [0.1, 0.15) is 36.8 Å². The summed E-state index contributed by atoms with van der Waals surface area (Å²) in [6.45, 7) is 3.53. The number of hydrogen-bond acceptors (Lipinski definition) is 5. The lowest BCUT2D eigenvalue weighted by molar-refractivity contribution is -0.119. The molecule has 1 saturated carbocycles. The Labute approximate surface area is 175 Å². The fourth-order valence-corrected chi connectivity index (χ4v) is 6.55. The van der Waals surface area contributed by atoms with E-state index in [9.17, 15) is 18.0 Å². The molecule has 1 heterocycles. The SMILES string of the molecule is Cc1ccc(C)c(S(=O)(=O)C2(C(=O)Nc3ccc4c(c3)NC(=O)CO4)CCCC2)c1. The molecule has 0 atom stereocenters. The van der Waals surface area contributed by atoms with Crippen molar-refractivity contribution >= 4 is 33.0 Å². The first kappa shape index (κ1) is 20.4. The maximum atomic E-state index is 13.7. The number of nitrogens with one attached hydrogen (secondary N) is 2. The fourth-order valence-electron chi connectivity index (χ4n) is 4.18. The fraction of sp³-hybridized carbons (Fsp3) is 0.364. The average molecular weight is 429 g/mol. The van der Waals surface area contributed by atoms with Crippen LogP contribution < -0.4 is 15.4 Å². The van der Waals surface area contributed by atoms with Crippen molar-refractivity contribution < 1.29 is 22.7 Å². The number of sulfone groups is 1. The molecule has 0 aromatic heterocycles. The molecular weight excluding hydrogens is 404 g/mol. The summed E-state index contributed by atoms with van der Waals surface area (Å²) in [4.78, 5) is 25.2. The summed E-state index contributed by atoms with van der Waals surface area (Å²) in [5, 5.41) is 5.46. The highest BCUT2D eigenvalue weighted by Gasteiger charge is 2.53. The number of benzene rings is 2. The normalized spacial score (nSPS) is 17.6. The largest absolute Gasteiger partial charge is 0.482 e. The van der Waals surface area contributed by atoms with E-state index in [-0.39, 0.29) is 30.3 Å². The summed E-state index contributed by atoms with van der Waals surface area (Å²) in [6, 6.07) is 10.1. The molecule has 1 aliphatic carbocycles. The van der Waals surface area contributed by atoms with Crippen LogP contribution in [0, 0.1) is 13.8 Å². The molecule has 2 aromatic rings. The van der Waals surface area contributed by atoms with Gasteiger partial charge in [-0.05, 0) is 62.1 Å². The van der Waals surface area contributed by atoms with Crippen LogP contribution in [-0.2, 0) is 19.4 Å². The molecular formula is C22H24N2O5S. The van der Waals surface area contributed by atoms with Crippen molar-refractivity contribution in [2.45, 2.75) is 49.2 Å². The van der Waals surface area contributed by atoms with Crippen molar-refractivity contribution in [2.24, 2.45) is 0 Å². The Hall–Kier alpha value is -2.87. The summed E-state index contributed by atoms with van der Waals surface area (Å²) in [6.07, 6.45) is 1.90. The molecule has 2 N–H and O–H groups in total. The zero-order chi connectivity index (χ0) is 21.5. The summed E-state index contributed by atoms with van der Waals surface area (Å²) in [7, 11) is -3.91. The highest BCUT2D eigenvalue weighted by Crippen LogP contribution is 2.42. The highest BCUT2D eigenvalue weighted by molar-refractivity contribution is 7.93. The highest BCUT2D eigenvalue weighted by atomic mass is 32.2. The van der Waals surface area contributed by atoms with Gasteiger partial charge in [-0.2, -0.15) is 0 Å². The first-order chi connectivity index (χ1) is 14.2. The average Bonchev–Trinajstić information content (AvgIpc) is 3.21. The van der Waals surface area contributed by atoms with Crippen molar-refractivity contribution in [3.63, 3.8) is 0 Å². The molecule has 8 heteroatoms. The molecule has 30 heavy (non-hydrogen) atoms. The third-order valence-electron chi connectivity index (χ3n) is 5.84. The number of carbonyl (C=O) groups is 2. The van der Waals surface area contributed by atoms with Gasteiger partial charge in [-0.1, -0.05) is 25.0 Å². The van der Waals surface area contributed by atoms with E-state index in [4.69, 9.17) is 4.74 Å². The van der Waals surface area contributed by atoms with Gasteiger partial charge in [-0.15, -0.1) is 0 Å². The van der Waals surface area contributed by atoms with Gasteiger partial charge in [-0.25, -0.2) is 8.42 Å². The van der Waals surface area contributed by atoms with Gasteiger partial charge in [0.15, 0.2) is 21.2 Å². The van der Waals surface area contributed by atoms with E-state index < -0.39 is 20.5 Å². The summed E-state index contributed by atoms with van der Waals surface area (Å²) in [5.74, 6) is -0.314. The van der Waals surface area contributed by atoms with Crippen LogP contribution in [0.4, 0.5) is 11.4 Å². The minimum absolute atomic E-state index is 0.0596. The van der Waals surface area contributed by atoms with Crippen LogP contribution >= 0.6 is 0 Å². The Morgan fingerprint density at radius 2 is 1.83 bits per heavy atom. The van der Waals surface area contributed by atoms with E-state index >= 15 is 0 Å². The molecule has 2 amide bonds. The van der Waals surface area contributed by atoms with E-state index in [1.165, 1.54) is 0 Å². The molecule has 2 aromatic carbocycles. The summed E-state index contributed by atoms with van der Waals surface area (Å²) in [5.41, 5.74) is 2.32. The number of fused-ring (bicyclic) bond motifs is 1. The zero-order valence-electron chi connectivity index (χ0n) is 16.9. The molecule has 0 bridgehead atoms. The van der Waals surface area contributed by atoms with Gasteiger partial charge in [0.25, 0.3) is 5.91 Å². The monoisotopic (exact) mass is 428 g/mol. The summed E-state index contributed by atoms with van der Waals surface area (Å²) < 4.78 is 31.2. The van der Waals surface area contributed by atoms with Gasteiger partial charge < -0.3 is 15.4 Å². The Morgan fingerprint density at radius 3 is 2.57 bits per heavy atom. The Morgan fingerprint density at radius 1 is 1.10 bits per heavy atom. The summed E-state index contributed by atoms with van der Waals surface area (Å²) >= 11 is 0. The lowest BCUT2D eigenvalue weighted by Gasteiger charge is -2.29. The van der Waals surface area contributed by atoms with Crippen molar-refractivity contribution in [1.82, 2.24) is 0 Å². The van der Waals surface area contributed by atoms with Gasteiger partial charge in [-0.3, -0.25) is 9.59 Å². The molecule has 1 aliphatic heterocycles. The van der Waals surface area contributed by atoms with E-state index in [2.05, 4.69) is 10.6 Å². The second-order valence-electron chi connectivity index (χ2n) is 7.98.